The molecule has 0 fully saturated rings. The van der Waals surface area contributed by atoms with E-state index < -0.39 is 0 Å². The van der Waals surface area contributed by atoms with Crippen LogP contribution in [0.3, 0.4) is 0 Å². The average molecular weight is 297 g/mol. The van der Waals surface area contributed by atoms with E-state index in [2.05, 4.69) is 10.3 Å². The fourth-order valence-electron chi connectivity index (χ4n) is 2.23. The van der Waals surface area contributed by atoms with Crippen LogP contribution in [0.2, 0.25) is 0 Å². The molecule has 0 saturated carbocycles. The van der Waals surface area contributed by atoms with Crippen molar-refractivity contribution in [2.24, 2.45) is 0 Å². The van der Waals surface area contributed by atoms with Crippen LogP contribution in [0.25, 0.3) is 16.7 Å². The van der Waals surface area contributed by atoms with Crippen molar-refractivity contribution in [2.45, 2.75) is 6.92 Å². The number of esters is 1. The van der Waals surface area contributed by atoms with Gasteiger partial charge in [-0.25, -0.2) is 9.48 Å². The quantitative estimate of drug-likeness (QED) is 0.692. The number of fused-ring (bicyclic) bond motifs is 1. The Morgan fingerprint density at radius 2 is 1.95 bits per heavy atom. The number of methoxy groups -OCH3 is 1. The monoisotopic (exact) mass is 297 g/mol. The third-order valence-corrected chi connectivity index (χ3v) is 3.28. The summed E-state index contributed by atoms with van der Waals surface area (Å²) in [6.45, 7) is 2.13. The van der Waals surface area contributed by atoms with Crippen molar-refractivity contribution in [3.63, 3.8) is 0 Å². The van der Waals surface area contributed by atoms with E-state index in [0.717, 1.165) is 11.2 Å². The van der Waals surface area contributed by atoms with Gasteiger partial charge in [0.25, 0.3) is 0 Å². The SMILES string of the molecule is CCOC(=O)c1ccc(-n2nnc3c(OC)cccc32)cc1. The highest BCUT2D eigenvalue weighted by Crippen LogP contribution is 2.24. The summed E-state index contributed by atoms with van der Waals surface area (Å²) in [5.74, 6) is 0.339. The Labute approximate surface area is 127 Å². The lowest BCUT2D eigenvalue weighted by Crippen LogP contribution is -2.05. The van der Waals surface area contributed by atoms with Crippen molar-refractivity contribution >= 4 is 17.0 Å². The van der Waals surface area contributed by atoms with E-state index >= 15 is 0 Å². The van der Waals surface area contributed by atoms with E-state index in [1.54, 1.807) is 43.0 Å². The molecule has 0 spiro atoms. The average Bonchev–Trinajstić information content (AvgIpc) is 2.99. The Kier molecular flexibility index (Phi) is 3.74. The molecule has 1 aromatic heterocycles. The van der Waals surface area contributed by atoms with E-state index in [1.165, 1.54) is 0 Å². The second-order valence-electron chi connectivity index (χ2n) is 4.60. The van der Waals surface area contributed by atoms with Crippen LogP contribution in [0.5, 0.6) is 5.75 Å². The van der Waals surface area contributed by atoms with Crippen molar-refractivity contribution in [1.82, 2.24) is 15.0 Å². The maximum atomic E-state index is 11.7. The van der Waals surface area contributed by atoms with Gasteiger partial charge >= 0.3 is 5.97 Å². The molecule has 22 heavy (non-hydrogen) atoms. The van der Waals surface area contributed by atoms with Crippen LogP contribution in [-0.4, -0.2) is 34.7 Å². The summed E-state index contributed by atoms with van der Waals surface area (Å²) in [4.78, 5) is 11.7. The lowest BCUT2D eigenvalue weighted by molar-refractivity contribution is 0.0526. The first-order valence-corrected chi connectivity index (χ1v) is 6.90. The fourth-order valence-corrected chi connectivity index (χ4v) is 2.23. The number of benzene rings is 2. The number of carbonyl (C=O) groups excluding carboxylic acids is 1. The first kappa shape index (κ1) is 14.1. The molecule has 0 N–H and O–H groups in total. The zero-order valence-corrected chi connectivity index (χ0v) is 12.3. The van der Waals surface area contributed by atoms with Crippen LogP contribution in [-0.2, 0) is 4.74 Å². The minimum absolute atomic E-state index is 0.334. The van der Waals surface area contributed by atoms with E-state index in [1.807, 2.05) is 18.2 Å². The predicted octanol–water partition coefficient (Wildman–Crippen LogP) is 2.61. The number of rotatable bonds is 4. The molecule has 0 aliphatic carbocycles. The van der Waals surface area contributed by atoms with Crippen LogP contribution in [0.15, 0.2) is 42.5 Å². The van der Waals surface area contributed by atoms with Gasteiger partial charge < -0.3 is 9.47 Å². The van der Waals surface area contributed by atoms with Gasteiger partial charge in [0.05, 0.1) is 30.5 Å². The molecule has 0 aliphatic heterocycles. The highest BCUT2D eigenvalue weighted by molar-refractivity contribution is 5.89. The molecule has 0 bridgehead atoms. The van der Waals surface area contributed by atoms with Gasteiger partial charge in [0.15, 0.2) is 5.52 Å². The summed E-state index contributed by atoms with van der Waals surface area (Å²) in [5.41, 5.74) is 2.85. The molecule has 2 aromatic carbocycles. The summed E-state index contributed by atoms with van der Waals surface area (Å²) >= 11 is 0. The van der Waals surface area contributed by atoms with Crippen LogP contribution in [0, 0.1) is 0 Å². The molecule has 0 aliphatic rings. The number of hydrogen-bond acceptors (Lipinski definition) is 5. The van der Waals surface area contributed by atoms with Gasteiger partial charge in [0.1, 0.15) is 5.75 Å². The van der Waals surface area contributed by atoms with E-state index in [4.69, 9.17) is 9.47 Å². The van der Waals surface area contributed by atoms with E-state index in [0.29, 0.717) is 23.4 Å². The van der Waals surface area contributed by atoms with Gasteiger partial charge in [-0.05, 0) is 43.3 Å². The second-order valence-corrected chi connectivity index (χ2v) is 4.60. The largest absolute Gasteiger partial charge is 0.494 e. The molecule has 0 amide bonds. The van der Waals surface area contributed by atoms with Crippen molar-refractivity contribution in [2.75, 3.05) is 13.7 Å². The Balaban J connectivity index is 2.00. The van der Waals surface area contributed by atoms with Crippen LogP contribution in [0.1, 0.15) is 17.3 Å². The summed E-state index contributed by atoms with van der Waals surface area (Å²) in [6, 6.07) is 12.7. The first-order chi connectivity index (χ1) is 10.7. The first-order valence-electron chi connectivity index (χ1n) is 6.90. The van der Waals surface area contributed by atoms with Crippen LogP contribution < -0.4 is 4.74 Å². The molecule has 6 nitrogen and oxygen atoms in total. The second kappa shape index (κ2) is 5.85. The number of ether oxygens (including phenoxy) is 2. The fraction of sp³-hybridized carbons (Fsp3) is 0.188. The molecule has 0 saturated heterocycles. The maximum Gasteiger partial charge on any atom is 0.338 e. The molecule has 112 valence electrons. The van der Waals surface area contributed by atoms with Crippen LogP contribution >= 0.6 is 0 Å². The maximum absolute atomic E-state index is 11.7. The molecule has 0 atom stereocenters. The lowest BCUT2D eigenvalue weighted by Gasteiger charge is -2.05. The molecule has 0 radical (unpaired) electrons. The Bertz CT molecular complexity index is 809. The smallest absolute Gasteiger partial charge is 0.338 e. The minimum atomic E-state index is -0.334. The summed E-state index contributed by atoms with van der Waals surface area (Å²) in [6.07, 6.45) is 0. The highest BCUT2D eigenvalue weighted by Gasteiger charge is 2.11. The summed E-state index contributed by atoms with van der Waals surface area (Å²) in [7, 11) is 1.60. The van der Waals surface area contributed by atoms with Gasteiger partial charge in [-0.2, -0.15) is 0 Å². The number of hydrogen-bond donors (Lipinski definition) is 0. The summed E-state index contributed by atoms with van der Waals surface area (Å²) in [5, 5.41) is 8.30. The van der Waals surface area contributed by atoms with Gasteiger partial charge in [-0.1, -0.05) is 11.3 Å². The molecule has 3 rings (SSSR count). The zero-order chi connectivity index (χ0) is 15.5. The lowest BCUT2D eigenvalue weighted by atomic mass is 10.2. The Morgan fingerprint density at radius 1 is 1.18 bits per heavy atom. The van der Waals surface area contributed by atoms with Gasteiger partial charge in [-0.3, -0.25) is 0 Å². The third-order valence-electron chi connectivity index (χ3n) is 3.28. The summed E-state index contributed by atoms with van der Waals surface area (Å²) < 4.78 is 11.9. The van der Waals surface area contributed by atoms with E-state index in [9.17, 15) is 4.79 Å². The Hall–Kier alpha value is -2.89. The standard InChI is InChI=1S/C16H15N3O3/c1-3-22-16(20)11-7-9-12(10-8-11)19-13-5-4-6-14(21-2)15(13)17-18-19/h4-10H,3H2,1-2H3. The number of carbonyl (C=O) groups is 1. The molecule has 6 heteroatoms. The molecular formula is C16H15N3O3. The van der Waals surface area contributed by atoms with Crippen LogP contribution in [0.4, 0.5) is 0 Å². The third kappa shape index (κ3) is 2.39. The minimum Gasteiger partial charge on any atom is -0.494 e. The Morgan fingerprint density at radius 3 is 2.64 bits per heavy atom. The zero-order valence-electron chi connectivity index (χ0n) is 12.3. The molecule has 3 aromatic rings. The van der Waals surface area contributed by atoms with Crippen molar-refractivity contribution in [3.8, 4) is 11.4 Å². The molecule has 0 unspecified atom stereocenters. The van der Waals surface area contributed by atoms with Crippen molar-refractivity contribution < 1.29 is 14.3 Å². The predicted molar refractivity (Wildman–Crippen MR) is 81.4 cm³/mol. The van der Waals surface area contributed by atoms with Gasteiger partial charge in [0.2, 0.25) is 0 Å². The topological polar surface area (TPSA) is 66.2 Å². The van der Waals surface area contributed by atoms with Crippen molar-refractivity contribution in [1.29, 1.82) is 0 Å². The highest BCUT2D eigenvalue weighted by atomic mass is 16.5. The van der Waals surface area contributed by atoms with Crippen molar-refractivity contribution in [3.05, 3.63) is 48.0 Å². The molecular weight excluding hydrogens is 282 g/mol. The number of aromatic nitrogens is 3. The van der Waals surface area contributed by atoms with E-state index in [-0.39, 0.29) is 5.97 Å². The van der Waals surface area contributed by atoms with Gasteiger partial charge in [-0.15, -0.1) is 5.10 Å². The normalized spacial score (nSPS) is 10.6. The molecule has 1 heterocycles. The van der Waals surface area contributed by atoms with Gasteiger partial charge in [0, 0.05) is 0 Å². The number of nitrogens with zero attached hydrogens (tertiary/aromatic N) is 3.